The van der Waals surface area contributed by atoms with Gasteiger partial charge in [0.15, 0.2) is 0 Å². The van der Waals surface area contributed by atoms with Crippen molar-refractivity contribution in [2.45, 2.75) is 45.8 Å². The zero-order valence-corrected chi connectivity index (χ0v) is 15.7. The smallest absolute Gasteiger partial charge is 0.243 e. The third-order valence-electron chi connectivity index (χ3n) is 5.57. The summed E-state index contributed by atoms with van der Waals surface area (Å²) >= 11 is 1.41. The van der Waals surface area contributed by atoms with E-state index in [1.165, 1.54) is 11.5 Å². The minimum atomic E-state index is -0.825. The topological polar surface area (TPSA) is 84.6 Å². The van der Waals surface area contributed by atoms with Crippen molar-refractivity contribution in [2.24, 2.45) is 11.1 Å². The second kappa shape index (κ2) is 6.24. The van der Waals surface area contributed by atoms with Gasteiger partial charge in [-0.05, 0) is 13.8 Å². The van der Waals surface area contributed by atoms with E-state index in [4.69, 9.17) is 10.5 Å². The number of hydrogen-bond acceptors (Lipinski definition) is 7. The van der Waals surface area contributed by atoms with E-state index in [1.54, 1.807) is 0 Å². The van der Waals surface area contributed by atoms with Gasteiger partial charge in [-0.25, -0.2) is 4.98 Å². The van der Waals surface area contributed by atoms with Crippen LogP contribution in [-0.2, 0) is 9.53 Å². The van der Waals surface area contributed by atoms with Crippen molar-refractivity contribution in [3.8, 4) is 0 Å². The molecule has 134 valence electrons. The highest BCUT2D eigenvalue weighted by atomic mass is 32.1. The van der Waals surface area contributed by atoms with Gasteiger partial charge >= 0.3 is 0 Å². The molecule has 7 nitrogen and oxygen atoms in total. The Kier molecular flexibility index (Phi) is 4.57. The summed E-state index contributed by atoms with van der Waals surface area (Å²) in [7, 11) is 0. The van der Waals surface area contributed by atoms with E-state index >= 15 is 0 Å². The second-order valence-electron chi connectivity index (χ2n) is 7.24. The number of amides is 1. The molecule has 3 rings (SSSR count). The number of anilines is 1. The molecule has 2 fully saturated rings. The number of aromatic nitrogens is 2. The predicted molar refractivity (Wildman–Crippen MR) is 94.2 cm³/mol. The minimum Gasteiger partial charge on any atom is -0.378 e. The monoisotopic (exact) mass is 353 g/mol. The summed E-state index contributed by atoms with van der Waals surface area (Å²) in [5.41, 5.74) is 5.35. The van der Waals surface area contributed by atoms with Gasteiger partial charge in [0.05, 0.1) is 6.10 Å². The number of hydrogen-bond donors (Lipinski definition) is 1. The number of ether oxygens (including phenoxy) is 1. The fraction of sp³-hybridized carbons (Fsp3) is 0.812. The Labute approximate surface area is 147 Å². The van der Waals surface area contributed by atoms with Gasteiger partial charge in [-0.2, -0.15) is 4.37 Å². The lowest BCUT2D eigenvalue weighted by molar-refractivity contribution is -0.179. The van der Waals surface area contributed by atoms with E-state index in [1.807, 2.05) is 32.6 Å². The van der Waals surface area contributed by atoms with Crippen LogP contribution in [0, 0.1) is 12.3 Å². The lowest BCUT2D eigenvalue weighted by Crippen LogP contribution is -2.76. The number of piperazine rings is 1. The molecule has 1 amide bonds. The second-order valence-corrected chi connectivity index (χ2v) is 7.97. The van der Waals surface area contributed by atoms with Crippen LogP contribution in [0.5, 0.6) is 0 Å². The van der Waals surface area contributed by atoms with E-state index in [0.717, 1.165) is 24.0 Å². The Balaban J connectivity index is 1.61. The van der Waals surface area contributed by atoms with Crippen LogP contribution in [0.15, 0.2) is 0 Å². The molecule has 1 saturated heterocycles. The molecule has 8 heteroatoms. The fourth-order valence-corrected chi connectivity index (χ4v) is 4.32. The van der Waals surface area contributed by atoms with Gasteiger partial charge in [0.25, 0.3) is 0 Å². The van der Waals surface area contributed by atoms with E-state index in [0.29, 0.717) is 26.1 Å². The molecule has 1 aliphatic heterocycles. The summed E-state index contributed by atoms with van der Waals surface area (Å²) in [5.74, 6) is 0.851. The first-order valence-corrected chi connectivity index (χ1v) is 9.32. The van der Waals surface area contributed by atoms with Gasteiger partial charge in [0.2, 0.25) is 11.0 Å². The quantitative estimate of drug-likeness (QED) is 0.870. The molecule has 2 atom stereocenters. The van der Waals surface area contributed by atoms with Crippen LogP contribution < -0.4 is 10.6 Å². The molecular formula is C16H27N5O2S. The van der Waals surface area contributed by atoms with Crippen LogP contribution in [0.25, 0.3) is 0 Å². The van der Waals surface area contributed by atoms with Crippen molar-refractivity contribution in [3.05, 3.63) is 5.82 Å². The highest BCUT2D eigenvalue weighted by Gasteiger charge is 2.63. The number of nitrogens with zero attached hydrogens (tertiary/aromatic N) is 4. The molecule has 0 bridgehead atoms. The van der Waals surface area contributed by atoms with Crippen LogP contribution in [0.2, 0.25) is 0 Å². The molecular weight excluding hydrogens is 326 g/mol. The summed E-state index contributed by atoms with van der Waals surface area (Å²) in [5, 5.41) is 0.933. The van der Waals surface area contributed by atoms with Gasteiger partial charge in [0, 0.05) is 56.2 Å². The third-order valence-corrected chi connectivity index (χ3v) is 6.43. The number of nitrogens with two attached hydrogens (primary N) is 1. The van der Waals surface area contributed by atoms with E-state index in [-0.39, 0.29) is 17.4 Å². The molecule has 0 aromatic carbocycles. The zero-order chi connectivity index (χ0) is 17.5. The lowest BCUT2D eigenvalue weighted by Gasteiger charge is -2.59. The Morgan fingerprint density at radius 3 is 2.54 bits per heavy atom. The molecule has 2 aliphatic rings. The average Bonchev–Trinajstić information content (AvgIpc) is 3.00. The first kappa shape index (κ1) is 17.6. The van der Waals surface area contributed by atoms with Crippen molar-refractivity contribution in [3.63, 3.8) is 0 Å². The van der Waals surface area contributed by atoms with Crippen molar-refractivity contribution in [1.29, 1.82) is 0 Å². The fourth-order valence-electron chi connectivity index (χ4n) is 3.60. The third kappa shape index (κ3) is 2.70. The Morgan fingerprint density at radius 2 is 2.04 bits per heavy atom. The Bertz CT molecular complexity index is 611. The highest BCUT2D eigenvalue weighted by Crippen LogP contribution is 2.50. The molecule has 2 heterocycles. The molecule has 1 aromatic rings. The summed E-state index contributed by atoms with van der Waals surface area (Å²) < 4.78 is 9.96. The predicted octanol–water partition coefficient (Wildman–Crippen LogP) is 1.03. The van der Waals surface area contributed by atoms with E-state index in [2.05, 4.69) is 14.3 Å². The molecule has 0 radical (unpaired) electrons. The molecule has 0 spiro atoms. The number of carbonyl (C=O) groups excluding carboxylic acids is 1. The normalized spacial score (nSPS) is 29.5. The summed E-state index contributed by atoms with van der Waals surface area (Å²) in [6.45, 7) is 11.5. The maximum atomic E-state index is 13.0. The maximum Gasteiger partial charge on any atom is 0.243 e. The van der Waals surface area contributed by atoms with Gasteiger partial charge in [-0.1, -0.05) is 13.8 Å². The summed E-state index contributed by atoms with van der Waals surface area (Å²) in [6.07, 6.45) is 0.657. The molecule has 1 aromatic heterocycles. The van der Waals surface area contributed by atoms with E-state index in [9.17, 15) is 4.79 Å². The van der Waals surface area contributed by atoms with Crippen molar-refractivity contribution >= 4 is 22.6 Å². The van der Waals surface area contributed by atoms with Gasteiger partial charge in [0.1, 0.15) is 11.4 Å². The average molecular weight is 353 g/mol. The highest BCUT2D eigenvalue weighted by molar-refractivity contribution is 7.09. The molecule has 2 N–H and O–H groups in total. The van der Waals surface area contributed by atoms with Crippen LogP contribution in [0.3, 0.4) is 0 Å². The van der Waals surface area contributed by atoms with Gasteiger partial charge < -0.3 is 20.3 Å². The largest absolute Gasteiger partial charge is 0.378 e. The molecule has 1 aliphatic carbocycles. The molecule has 1 saturated carbocycles. The first-order chi connectivity index (χ1) is 11.3. The van der Waals surface area contributed by atoms with Crippen molar-refractivity contribution < 1.29 is 9.53 Å². The SMILES string of the molecule is CCOC1CC(N)(C(=O)N2CCN(c3nc(C)ns3)CC2)C1(C)C. The first-order valence-electron chi connectivity index (χ1n) is 8.54. The van der Waals surface area contributed by atoms with E-state index < -0.39 is 5.54 Å². The lowest BCUT2D eigenvalue weighted by atomic mass is 9.54. The molecule has 2 unspecified atom stereocenters. The standard InChI is InChI=1S/C16H27N5O2S/c1-5-23-12-10-16(17,15(12,3)4)13(22)20-6-8-21(9-7-20)14-18-11(2)19-24-14/h12H,5-10,17H2,1-4H3. The number of aryl methyl sites for hydroxylation is 1. The van der Waals surface area contributed by atoms with Crippen molar-refractivity contribution in [1.82, 2.24) is 14.3 Å². The minimum absolute atomic E-state index is 0.0524. The number of rotatable bonds is 4. The Hall–Kier alpha value is -1.25. The molecule has 24 heavy (non-hydrogen) atoms. The summed E-state index contributed by atoms with van der Waals surface area (Å²) in [4.78, 5) is 21.5. The van der Waals surface area contributed by atoms with Gasteiger partial charge in [-0.15, -0.1) is 0 Å². The van der Waals surface area contributed by atoms with Crippen LogP contribution in [0.1, 0.15) is 33.0 Å². The van der Waals surface area contributed by atoms with Crippen LogP contribution >= 0.6 is 11.5 Å². The van der Waals surface area contributed by atoms with Crippen LogP contribution in [0.4, 0.5) is 5.13 Å². The van der Waals surface area contributed by atoms with Crippen LogP contribution in [-0.4, -0.2) is 64.6 Å². The van der Waals surface area contributed by atoms with Crippen molar-refractivity contribution in [2.75, 3.05) is 37.7 Å². The van der Waals surface area contributed by atoms with Gasteiger partial charge in [-0.3, -0.25) is 4.79 Å². The zero-order valence-electron chi connectivity index (χ0n) is 14.9. The summed E-state index contributed by atoms with van der Waals surface area (Å²) in [6, 6.07) is 0. The number of carbonyl (C=O) groups is 1. The Morgan fingerprint density at radius 1 is 1.38 bits per heavy atom. The maximum absolute atomic E-state index is 13.0.